The summed E-state index contributed by atoms with van der Waals surface area (Å²) in [6, 6.07) is 5.92. The second kappa shape index (κ2) is 5.79. The van der Waals surface area contributed by atoms with Gasteiger partial charge in [0.15, 0.2) is 0 Å². The van der Waals surface area contributed by atoms with E-state index in [0.717, 1.165) is 31.1 Å². The second-order valence-corrected chi connectivity index (χ2v) is 7.40. The summed E-state index contributed by atoms with van der Waals surface area (Å²) in [6.45, 7) is 4.55. The number of likely N-dealkylation sites (tertiary alicyclic amines) is 1. The molecule has 6 heteroatoms. The van der Waals surface area contributed by atoms with Gasteiger partial charge in [0.1, 0.15) is 0 Å². The minimum absolute atomic E-state index is 0.0302. The molecule has 1 atom stereocenters. The van der Waals surface area contributed by atoms with E-state index >= 15 is 0 Å². The fourth-order valence-corrected chi connectivity index (χ4v) is 3.48. The largest absolute Gasteiger partial charge is 0.297 e. The topological polar surface area (TPSA) is 49.4 Å². The van der Waals surface area contributed by atoms with Crippen molar-refractivity contribution in [3.05, 3.63) is 34.3 Å². The Labute approximate surface area is 119 Å². The van der Waals surface area contributed by atoms with Crippen LogP contribution in [0.1, 0.15) is 17.5 Å². The Morgan fingerprint density at radius 1 is 1.47 bits per heavy atom. The molecule has 1 aromatic rings. The van der Waals surface area contributed by atoms with Crippen LogP contribution in [0.15, 0.2) is 18.2 Å². The van der Waals surface area contributed by atoms with Gasteiger partial charge in [-0.3, -0.25) is 4.90 Å². The van der Waals surface area contributed by atoms with E-state index < -0.39 is 10.0 Å². The first-order valence-electron chi connectivity index (χ1n) is 6.28. The molecule has 0 aromatic heterocycles. The smallest absolute Gasteiger partial charge is 0.208 e. The molecule has 0 unspecified atom stereocenters. The van der Waals surface area contributed by atoms with Gasteiger partial charge in [0.05, 0.1) is 6.26 Å². The molecule has 1 aliphatic heterocycles. The Hall–Kier alpha value is -0.620. The van der Waals surface area contributed by atoms with Crippen LogP contribution in [-0.4, -0.2) is 38.7 Å². The van der Waals surface area contributed by atoms with Crippen molar-refractivity contribution in [2.24, 2.45) is 0 Å². The van der Waals surface area contributed by atoms with Crippen molar-refractivity contribution in [2.75, 3.05) is 19.3 Å². The number of hydrogen-bond acceptors (Lipinski definition) is 3. The van der Waals surface area contributed by atoms with Gasteiger partial charge in [0.25, 0.3) is 0 Å². The van der Waals surface area contributed by atoms with Gasteiger partial charge in [-0.15, -0.1) is 0 Å². The number of halogens is 1. The zero-order valence-corrected chi connectivity index (χ0v) is 12.8. The Morgan fingerprint density at radius 2 is 2.21 bits per heavy atom. The number of hydrogen-bond donors (Lipinski definition) is 1. The van der Waals surface area contributed by atoms with E-state index in [9.17, 15) is 8.42 Å². The molecule has 0 saturated carbocycles. The summed E-state index contributed by atoms with van der Waals surface area (Å²) < 4.78 is 25.1. The highest BCUT2D eigenvalue weighted by atomic mass is 35.5. The Balaban J connectivity index is 1.95. The van der Waals surface area contributed by atoms with E-state index in [4.69, 9.17) is 11.6 Å². The third-order valence-electron chi connectivity index (χ3n) is 3.35. The summed E-state index contributed by atoms with van der Waals surface area (Å²) in [4.78, 5) is 2.26. The molecular formula is C13H19ClN2O2S. The van der Waals surface area contributed by atoms with Crippen LogP contribution in [0.25, 0.3) is 0 Å². The Kier molecular flexibility index (Phi) is 4.50. The highest BCUT2D eigenvalue weighted by Gasteiger charge is 2.24. The predicted octanol–water partition coefficient (Wildman–Crippen LogP) is 1.77. The molecule has 1 aromatic carbocycles. The third kappa shape index (κ3) is 4.45. The number of nitrogens with zero attached hydrogens (tertiary/aromatic N) is 1. The van der Waals surface area contributed by atoms with Gasteiger partial charge in [-0.25, -0.2) is 13.1 Å². The van der Waals surface area contributed by atoms with Crippen LogP contribution in [0.2, 0.25) is 5.02 Å². The molecule has 2 rings (SSSR count). The maximum Gasteiger partial charge on any atom is 0.208 e. The normalized spacial score (nSPS) is 20.9. The number of nitrogens with one attached hydrogen (secondary N) is 1. The van der Waals surface area contributed by atoms with E-state index in [2.05, 4.69) is 9.62 Å². The summed E-state index contributed by atoms with van der Waals surface area (Å²) >= 11 is 5.94. The highest BCUT2D eigenvalue weighted by Crippen LogP contribution is 2.19. The fraction of sp³-hybridized carbons (Fsp3) is 0.538. The first-order chi connectivity index (χ1) is 8.83. The lowest BCUT2D eigenvalue weighted by atomic mass is 10.1. The molecule has 0 bridgehead atoms. The van der Waals surface area contributed by atoms with Gasteiger partial charge in [-0.1, -0.05) is 17.7 Å². The second-order valence-electron chi connectivity index (χ2n) is 5.18. The van der Waals surface area contributed by atoms with Crippen molar-refractivity contribution in [2.45, 2.75) is 25.9 Å². The average Bonchev–Trinajstić information content (AvgIpc) is 2.67. The van der Waals surface area contributed by atoms with Crippen LogP contribution in [0.4, 0.5) is 0 Å². The minimum atomic E-state index is -3.11. The standard InChI is InChI=1S/C13H19ClN2O2S/c1-10-7-12(14)4-3-11(10)8-16-6-5-13(9-16)15-19(2,17)18/h3-4,7,13,15H,5-6,8-9H2,1-2H3/t13-/m0/s1. The van der Waals surface area contributed by atoms with Crippen LogP contribution < -0.4 is 4.72 Å². The predicted molar refractivity (Wildman–Crippen MR) is 77.9 cm³/mol. The monoisotopic (exact) mass is 302 g/mol. The molecule has 1 aliphatic rings. The van der Waals surface area contributed by atoms with Crippen molar-refractivity contribution in [1.29, 1.82) is 0 Å². The summed E-state index contributed by atoms with van der Waals surface area (Å²) in [6.07, 6.45) is 2.07. The van der Waals surface area contributed by atoms with E-state index in [-0.39, 0.29) is 6.04 Å². The van der Waals surface area contributed by atoms with Gasteiger partial charge >= 0.3 is 0 Å². The van der Waals surface area contributed by atoms with Crippen molar-refractivity contribution >= 4 is 21.6 Å². The maximum atomic E-state index is 11.2. The number of sulfonamides is 1. The molecule has 1 N–H and O–H groups in total. The van der Waals surface area contributed by atoms with Crippen LogP contribution in [0, 0.1) is 6.92 Å². The summed E-state index contributed by atoms with van der Waals surface area (Å²) in [7, 11) is -3.11. The summed E-state index contributed by atoms with van der Waals surface area (Å²) in [5.41, 5.74) is 2.41. The number of benzene rings is 1. The molecule has 0 amide bonds. The van der Waals surface area contributed by atoms with Gasteiger partial charge in [-0.05, 0) is 36.6 Å². The molecule has 4 nitrogen and oxygen atoms in total. The van der Waals surface area contributed by atoms with Gasteiger partial charge in [0.2, 0.25) is 10.0 Å². The van der Waals surface area contributed by atoms with Gasteiger partial charge < -0.3 is 0 Å². The molecule has 1 heterocycles. The van der Waals surface area contributed by atoms with Crippen LogP contribution in [0.3, 0.4) is 0 Å². The number of aryl methyl sites for hydroxylation is 1. The summed E-state index contributed by atoms with van der Waals surface area (Å²) in [5.74, 6) is 0. The Morgan fingerprint density at radius 3 is 2.84 bits per heavy atom. The lowest BCUT2D eigenvalue weighted by Crippen LogP contribution is -2.36. The van der Waals surface area contributed by atoms with Crippen LogP contribution >= 0.6 is 11.6 Å². The molecule has 19 heavy (non-hydrogen) atoms. The van der Waals surface area contributed by atoms with E-state index in [0.29, 0.717) is 0 Å². The molecular weight excluding hydrogens is 284 g/mol. The van der Waals surface area contributed by atoms with Crippen LogP contribution in [0.5, 0.6) is 0 Å². The summed E-state index contributed by atoms with van der Waals surface area (Å²) in [5, 5.41) is 0.749. The van der Waals surface area contributed by atoms with Crippen molar-refractivity contribution in [1.82, 2.24) is 9.62 Å². The lowest BCUT2D eigenvalue weighted by Gasteiger charge is -2.17. The lowest BCUT2D eigenvalue weighted by molar-refractivity contribution is 0.324. The maximum absolute atomic E-state index is 11.2. The van der Waals surface area contributed by atoms with E-state index in [1.165, 1.54) is 17.4 Å². The average molecular weight is 303 g/mol. The van der Waals surface area contributed by atoms with Crippen molar-refractivity contribution in [3.8, 4) is 0 Å². The fourth-order valence-electron chi connectivity index (χ4n) is 2.45. The van der Waals surface area contributed by atoms with E-state index in [1.54, 1.807) is 0 Å². The number of rotatable bonds is 4. The van der Waals surface area contributed by atoms with Gasteiger partial charge in [0, 0.05) is 30.7 Å². The first kappa shape index (κ1) is 14.8. The zero-order chi connectivity index (χ0) is 14.0. The zero-order valence-electron chi connectivity index (χ0n) is 11.2. The molecule has 0 aliphatic carbocycles. The van der Waals surface area contributed by atoms with Crippen molar-refractivity contribution in [3.63, 3.8) is 0 Å². The van der Waals surface area contributed by atoms with Crippen LogP contribution in [-0.2, 0) is 16.6 Å². The minimum Gasteiger partial charge on any atom is -0.297 e. The molecule has 1 fully saturated rings. The molecule has 106 valence electrons. The quantitative estimate of drug-likeness (QED) is 0.922. The SMILES string of the molecule is Cc1cc(Cl)ccc1CN1CC[C@H](NS(C)(=O)=O)C1. The van der Waals surface area contributed by atoms with Gasteiger partial charge in [-0.2, -0.15) is 0 Å². The Bertz CT molecular complexity index is 560. The highest BCUT2D eigenvalue weighted by molar-refractivity contribution is 7.88. The first-order valence-corrected chi connectivity index (χ1v) is 8.55. The van der Waals surface area contributed by atoms with Crippen molar-refractivity contribution < 1.29 is 8.42 Å². The molecule has 0 radical (unpaired) electrons. The molecule has 0 spiro atoms. The third-order valence-corrected chi connectivity index (χ3v) is 4.35. The van der Waals surface area contributed by atoms with E-state index in [1.807, 2.05) is 25.1 Å². The molecule has 1 saturated heterocycles.